The third kappa shape index (κ3) is 2.50. The van der Waals surface area contributed by atoms with E-state index in [9.17, 15) is 4.39 Å². The molecule has 0 atom stereocenters. The van der Waals surface area contributed by atoms with Gasteiger partial charge in [-0.1, -0.05) is 17.3 Å². The molecule has 3 heterocycles. The van der Waals surface area contributed by atoms with Crippen molar-refractivity contribution in [2.75, 3.05) is 13.2 Å². The van der Waals surface area contributed by atoms with Gasteiger partial charge in [-0.25, -0.2) is 4.39 Å². The molecule has 4 rings (SSSR count). The lowest BCUT2D eigenvalue weighted by Gasteiger charge is -2.34. The molecule has 0 radical (unpaired) electrons. The van der Waals surface area contributed by atoms with Crippen molar-refractivity contribution in [3.63, 3.8) is 0 Å². The average Bonchev–Trinajstić information content (AvgIpc) is 3.25. The van der Waals surface area contributed by atoms with Crippen molar-refractivity contribution in [3.05, 3.63) is 53.9 Å². The molecule has 0 bridgehead atoms. The van der Waals surface area contributed by atoms with Crippen molar-refractivity contribution in [1.82, 2.24) is 19.9 Å². The molecule has 0 N–H and O–H groups in total. The lowest BCUT2D eigenvalue weighted by atomic mass is 9.74. The van der Waals surface area contributed by atoms with Gasteiger partial charge >= 0.3 is 0 Å². The summed E-state index contributed by atoms with van der Waals surface area (Å²) in [6.07, 6.45) is 4.97. The Morgan fingerprint density at radius 3 is 2.58 bits per heavy atom. The number of aryl methyl sites for hydroxylation is 1. The Bertz CT molecular complexity index is 834. The lowest BCUT2D eigenvalue weighted by molar-refractivity contribution is 0.0523. The molecule has 0 aliphatic carbocycles. The predicted molar refractivity (Wildman–Crippen MR) is 83.7 cm³/mol. The van der Waals surface area contributed by atoms with Crippen molar-refractivity contribution >= 4 is 0 Å². The second-order valence-electron chi connectivity index (χ2n) is 6.03. The second-order valence-corrected chi connectivity index (χ2v) is 6.03. The van der Waals surface area contributed by atoms with Crippen molar-refractivity contribution in [1.29, 1.82) is 0 Å². The van der Waals surface area contributed by atoms with Gasteiger partial charge < -0.3 is 9.26 Å². The maximum Gasteiger partial charge on any atom is 0.237 e. The fourth-order valence-electron chi connectivity index (χ4n) is 3.19. The molecule has 0 amide bonds. The van der Waals surface area contributed by atoms with E-state index in [2.05, 4.69) is 15.2 Å². The van der Waals surface area contributed by atoms with Gasteiger partial charge in [0.05, 0.1) is 17.2 Å². The van der Waals surface area contributed by atoms with E-state index in [-0.39, 0.29) is 5.82 Å². The zero-order chi connectivity index (χ0) is 16.6. The Morgan fingerprint density at radius 1 is 1.17 bits per heavy atom. The van der Waals surface area contributed by atoms with Crippen LogP contribution in [0.2, 0.25) is 0 Å². The van der Waals surface area contributed by atoms with Gasteiger partial charge in [0, 0.05) is 26.5 Å². The molecular formula is C17H17FN4O2. The van der Waals surface area contributed by atoms with Gasteiger partial charge in [0.2, 0.25) is 11.7 Å². The summed E-state index contributed by atoms with van der Waals surface area (Å²) in [7, 11) is 1.84. The van der Waals surface area contributed by atoms with Crippen LogP contribution < -0.4 is 0 Å². The minimum absolute atomic E-state index is 0.262. The number of aromatic nitrogens is 4. The SMILES string of the molecule is Cn1cc(-c2noc(C3(c4ccc(F)cc4)CCOCC3)n2)cn1. The van der Waals surface area contributed by atoms with Crippen molar-refractivity contribution in [3.8, 4) is 11.4 Å². The first-order chi connectivity index (χ1) is 11.7. The molecule has 1 fully saturated rings. The van der Waals surface area contributed by atoms with E-state index in [1.165, 1.54) is 12.1 Å². The van der Waals surface area contributed by atoms with E-state index in [1.54, 1.807) is 23.0 Å². The number of rotatable bonds is 3. The Morgan fingerprint density at radius 2 is 1.92 bits per heavy atom. The first-order valence-electron chi connectivity index (χ1n) is 7.84. The molecule has 2 aromatic heterocycles. The third-order valence-electron chi connectivity index (χ3n) is 4.54. The van der Waals surface area contributed by atoms with Crippen LogP contribution >= 0.6 is 0 Å². The smallest absolute Gasteiger partial charge is 0.237 e. The van der Waals surface area contributed by atoms with Crippen molar-refractivity contribution in [2.45, 2.75) is 18.3 Å². The number of hydrogen-bond donors (Lipinski definition) is 0. The molecule has 0 saturated carbocycles. The van der Waals surface area contributed by atoms with Gasteiger partial charge in [0.1, 0.15) is 5.82 Å². The van der Waals surface area contributed by atoms with Crippen molar-refractivity contribution < 1.29 is 13.7 Å². The average molecular weight is 328 g/mol. The van der Waals surface area contributed by atoms with E-state index in [1.807, 2.05) is 13.2 Å². The highest BCUT2D eigenvalue weighted by atomic mass is 19.1. The van der Waals surface area contributed by atoms with E-state index in [4.69, 9.17) is 9.26 Å². The Balaban J connectivity index is 1.77. The number of benzene rings is 1. The molecule has 24 heavy (non-hydrogen) atoms. The molecule has 124 valence electrons. The summed E-state index contributed by atoms with van der Waals surface area (Å²) in [5, 5.41) is 8.24. The van der Waals surface area contributed by atoms with Crippen LogP contribution in [0.25, 0.3) is 11.4 Å². The maximum absolute atomic E-state index is 13.3. The summed E-state index contributed by atoms with van der Waals surface area (Å²) in [5.41, 5.74) is 1.32. The normalized spacial score (nSPS) is 17.1. The van der Waals surface area contributed by atoms with Gasteiger partial charge in [0.15, 0.2) is 0 Å². The quantitative estimate of drug-likeness (QED) is 0.739. The Hall–Kier alpha value is -2.54. The molecule has 0 unspecified atom stereocenters. The molecule has 7 heteroatoms. The minimum Gasteiger partial charge on any atom is -0.381 e. The molecule has 1 aromatic carbocycles. The van der Waals surface area contributed by atoms with E-state index < -0.39 is 5.41 Å². The van der Waals surface area contributed by atoms with Crippen LogP contribution in [-0.4, -0.2) is 33.1 Å². The van der Waals surface area contributed by atoms with E-state index >= 15 is 0 Å². The zero-order valence-electron chi connectivity index (χ0n) is 13.3. The van der Waals surface area contributed by atoms with Gasteiger partial charge in [-0.05, 0) is 30.5 Å². The zero-order valence-corrected chi connectivity index (χ0v) is 13.3. The molecular weight excluding hydrogens is 311 g/mol. The standard InChI is InChI=1S/C17H17FN4O2/c1-22-11-12(10-19-22)15-20-16(24-21-15)17(6-8-23-9-7-17)13-2-4-14(18)5-3-13/h2-5,10-11H,6-9H2,1H3. The van der Waals surface area contributed by atoms with E-state index in [0.29, 0.717) is 37.8 Å². The summed E-state index contributed by atoms with van der Waals surface area (Å²) in [6, 6.07) is 6.50. The van der Waals surface area contributed by atoms with Crippen LogP contribution in [0.4, 0.5) is 4.39 Å². The van der Waals surface area contributed by atoms with Gasteiger partial charge in [-0.15, -0.1) is 0 Å². The monoisotopic (exact) mass is 328 g/mol. The number of halogens is 1. The molecule has 1 aliphatic rings. The van der Waals surface area contributed by atoms with E-state index in [0.717, 1.165) is 11.1 Å². The minimum atomic E-state index is -0.445. The summed E-state index contributed by atoms with van der Waals surface area (Å²) in [4.78, 5) is 4.61. The summed E-state index contributed by atoms with van der Waals surface area (Å²) >= 11 is 0. The molecule has 6 nitrogen and oxygen atoms in total. The van der Waals surface area contributed by atoms with Gasteiger partial charge in [0.25, 0.3) is 0 Å². The number of ether oxygens (including phenoxy) is 1. The fraction of sp³-hybridized carbons (Fsp3) is 0.353. The first-order valence-corrected chi connectivity index (χ1v) is 7.84. The largest absolute Gasteiger partial charge is 0.381 e. The Kier molecular flexibility index (Phi) is 3.65. The maximum atomic E-state index is 13.3. The van der Waals surface area contributed by atoms with Crippen LogP contribution in [0.1, 0.15) is 24.3 Å². The highest BCUT2D eigenvalue weighted by Crippen LogP contribution is 2.40. The van der Waals surface area contributed by atoms with Gasteiger partial charge in [-0.2, -0.15) is 10.1 Å². The lowest BCUT2D eigenvalue weighted by Crippen LogP contribution is -2.35. The third-order valence-corrected chi connectivity index (χ3v) is 4.54. The summed E-state index contributed by atoms with van der Waals surface area (Å²) < 4.78 is 26.1. The first kappa shape index (κ1) is 15.0. The summed E-state index contributed by atoms with van der Waals surface area (Å²) in [5.74, 6) is 0.782. The van der Waals surface area contributed by atoms with Crippen LogP contribution in [0.15, 0.2) is 41.2 Å². The van der Waals surface area contributed by atoms with Crippen LogP contribution in [0, 0.1) is 5.82 Å². The molecule has 0 spiro atoms. The Labute approximate surface area is 138 Å². The van der Waals surface area contributed by atoms with Crippen LogP contribution in [-0.2, 0) is 17.2 Å². The molecule has 1 aliphatic heterocycles. The highest BCUT2D eigenvalue weighted by molar-refractivity contribution is 5.51. The second kappa shape index (κ2) is 5.83. The number of hydrogen-bond acceptors (Lipinski definition) is 5. The number of nitrogens with zero attached hydrogens (tertiary/aromatic N) is 4. The van der Waals surface area contributed by atoms with Crippen molar-refractivity contribution in [2.24, 2.45) is 7.05 Å². The van der Waals surface area contributed by atoms with Gasteiger partial charge in [-0.3, -0.25) is 4.68 Å². The topological polar surface area (TPSA) is 66.0 Å². The fourth-order valence-corrected chi connectivity index (χ4v) is 3.19. The molecule has 3 aromatic rings. The predicted octanol–water partition coefficient (Wildman–Crippen LogP) is 2.71. The van der Waals surface area contributed by atoms with Crippen LogP contribution in [0.5, 0.6) is 0 Å². The van der Waals surface area contributed by atoms with Crippen LogP contribution in [0.3, 0.4) is 0 Å². The summed E-state index contributed by atoms with van der Waals surface area (Å²) in [6.45, 7) is 1.20. The highest BCUT2D eigenvalue weighted by Gasteiger charge is 2.41. The molecule has 1 saturated heterocycles.